The fraction of sp³-hybridized carbons (Fsp3) is 0.467. The van der Waals surface area contributed by atoms with Gasteiger partial charge in [-0.3, -0.25) is 4.68 Å². The molecule has 0 aliphatic carbocycles. The van der Waals surface area contributed by atoms with Gasteiger partial charge in [-0.15, -0.1) is 5.10 Å². The minimum absolute atomic E-state index is 0.351. The Kier molecular flexibility index (Phi) is 5.12. The third-order valence-corrected chi connectivity index (χ3v) is 3.21. The fourth-order valence-electron chi connectivity index (χ4n) is 2.33. The first kappa shape index (κ1) is 14.5. The first-order chi connectivity index (χ1) is 9.71. The van der Waals surface area contributed by atoms with E-state index < -0.39 is 0 Å². The highest BCUT2D eigenvalue weighted by Gasteiger charge is 2.12. The van der Waals surface area contributed by atoms with Crippen LogP contribution in [0.25, 0.3) is 0 Å². The maximum atomic E-state index is 5.27. The molecule has 1 atom stereocenters. The number of hydrogen-bond donors (Lipinski definition) is 1. The van der Waals surface area contributed by atoms with E-state index in [0.717, 1.165) is 30.8 Å². The van der Waals surface area contributed by atoms with Crippen molar-refractivity contribution >= 4 is 0 Å². The lowest BCUT2D eigenvalue weighted by Crippen LogP contribution is -2.33. The fourth-order valence-corrected chi connectivity index (χ4v) is 2.33. The molecule has 0 aliphatic heterocycles. The van der Waals surface area contributed by atoms with E-state index in [9.17, 15) is 0 Å². The van der Waals surface area contributed by atoms with Gasteiger partial charge in [-0.05, 0) is 30.7 Å². The number of nitrogens with one attached hydrogen (secondary N) is 1. The lowest BCUT2D eigenvalue weighted by Gasteiger charge is -2.17. The van der Waals surface area contributed by atoms with Gasteiger partial charge in [-0.25, -0.2) is 0 Å². The molecule has 20 heavy (non-hydrogen) atoms. The first-order valence-electron chi connectivity index (χ1n) is 6.92. The Morgan fingerprint density at radius 3 is 2.85 bits per heavy atom. The van der Waals surface area contributed by atoms with Crippen LogP contribution in [-0.4, -0.2) is 34.7 Å². The van der Waals surface area contributed by atoms with Crippen molar-refractivity contribution in [2.75, 3.05) is 13.7 Å². The van der Waals surface area contributed by atoms with Crippen LogP contribution in [0.5, 0.6) is 5.75 Å². The zero-order valence-corrected chi connectivity index (χ0v) is 12.3. The number of nitrogens with zero attached hydrogens (tertiary/aromatic N) is 3. The number of aryl methyl sites for hydroxylation is 1. The molecule has 0 spiro atoms. The van der Waals surface area contributed by atoms with E-state index in [1.807, 2.05) is 25.4 Å². The van der Waals surface area contributed by atoms with Crippen LogP contribution in [0.4, 0.5) is 0 Å². The Morgan fingerprint density at radius 2 is 2.20 bits per heavy atom. The van der Waals surface area contributed by atoms with E-state index in [0.29, 0.717) is 6.04 Å². The van der Waals surface area contributed by atoms with Crippen molar-refractivity contribution in [3.05, 3.63) is 41.7 Å². The summed E-state index contributed by atoms with van der Waals surface area (Å²) in [5.41, 5.74) is 2.28. The van der Waals surface area contributed by atoms with Gasteiger partial charge in [0, 0.05) is 25.7 Å². The van der Waals surface area contributed by atoms with Crippen LogP contribution >= 0.6 is 0 Å². The van der Waals surface area contributed by atoms with E-state index in [1.165, 1.54) is 5.56 Å². The van der Waals surface area contributed by atoms with Gasteiger partial charge >= 0.3 is 0 Å². The minimum atomic E-state index is 0.351. The topological polar surface area (TPSA) is 52.0 Å². The highest BCUT2D eigenvalue weighted by Crippen LogP contribution is 2.15. The number of hydrogen-bond acceptors (Lipinski definition) is 4. The van der Waals surface area contributed by atoms with Crippen molar-refractivity contribution in [3.63, 3.8) is 0 Å². The normalized spacial score (nSPS) is 12.3. The predicted octanol–water partition coefficient (Wildman–Crippen LogP) is 1.59. The number of aromatic nitrogens is 3. The van der Waals surface area contributed by atoms with Crippen molar-refractivity contribution < 1.29 is 4.74 Å². The SMILES string of the molecule is CCNC(Cc1cccc(OC)c1)Cc1cn(C)nn1. The Morgan fingerprint density at radius 1 is 1.35 bits per heavy atom. The van der Waals surface area contributed by atoms with Gasteiger partial charge in [0.25, 0.3) is 0 Å². The molecule has 5 nitrogen and oxygen atoms in total. The molecular weight excluding hydrogens is 252 g/mol. The molecular formula is C15H22N4O. The largest absolute Gasteiger partial charge is 0.497 e. The average Bonchev–Trinajstić information content (AvgIpc) is 2.84. The Balaban J connectivity index is 2.04. The summed E-state index contributed by atoms with van der Waals surface area (Å²) in [7, 11) is 3.58. The maximum Gasteiger partial charge on any atom is 0.119 e. The molecule has 1 N–H and O–H groups in total. The lowest BCUT2D eigenvalue weighted by molar-refractivity contribution is 0.413. The molecule has 2 rings (SSSR count). The Hall–Kier alpha value is -1.88. The molecule has 0 bridgehead atoms. The lowest BCUT2D eigenvalue weighted by atomic mass is 10.0. The summed E-state index contributed by atoms with van der Waals surface area (Å²) in [4.78, 5) is 0. The van der Waals surface area contributed by atoms with Crippen molar-refractivity contribution in [2.24, 2.45) is 7.05 Å². The van der Waals surface area contributed by atoms with Crippen LogP contribution in [0.1, 0.15) is 18.2 Å². The van der Waals surface area contributed by atoms with E-state index in [1.54, 1.807) is 11.8 Å². The molecule has 0 radical (unpaired) electrons. The molecule has 0 amide bonds. The van der Waals surface area contributed by atoms with Crippen molar-refractivity contribution in [3.8, 4) is 5.75 Å². The van der Waals surface area contributed by atoms with Crippen molar-refractivity contribution in [2.45, 2.75) is 25.8 Å². The van der Waals surface area contributed by atoms with E-state index >= 15 is 0 Å². The maximum absolute atomic E-state index is 5.27. The minimum Gasteiger partial charge on any atom is -0.497 e. The van der Waals surface area contributed by atoms with Crippen LogP contribution in [0.3, 0.4) is 0 Å². The van der Waals surface area contributed by atoms with Gasteiger partial charge in [-0.2, -0.15) is 0 Å². The summed E-state index contributed by atoms with van der Waals surface area (Å²) in [6.45, 7) is 3.06. The van der Waals surface area contributed by atoms with Gasteiger partial charge in [-0.1, -0.05) is 24.3 Å². The van der Waals surface area contributed by atoms with E-state index in [4.69, 9.17) is 4.74 Å². The summed E-state index contributed by atoms with van der Waals surface area (Å²) in [5, 5.41) is 11.7. The standard InChI is InChI=1S/C15H22N4O/c1-4-16-13(10-14-11-19(2)18-17-14)8-12-6-5-7-15(9-12)20-3/h5-7,9,11,13,16H,4,8,10H2,1-3H3. The second kappa shape index (κ2) is 7.05. The molecule has 2 aromatic rings. The van der Waals surface area contributed by atoms with Gasteiger partial charge < -0.3 is 10.1 Å². The summed E-state index contributed by atoms with van der Waals surface area (Å²) in [6, 6.07) is 8.56. The monoisotopic (exact) mass is 274 g/mol. The molecule has 0 saturated heterocycles. The molecule has 0 aliphatic rings. The van der Waals surface area contributed by atoms with Crippen LogP contribution in [-0.2, 0) is 19.9 Å². The number of ether oxygens (including phenoxy) is 1. The Labute approximate surface area is 120 Å². The zero-order valence-electron chi connectivity index (χ0n) is 12.3. The molecule has 108 valence electrons. The molecule has 1 unspecified atom stereocenters. The summed E-state index contributed by atoms with van der Waals surface area (Å²) < 4.78 is 7.01. The summed E-state index contributed by atoms with van der Waals surface area (Å²) in [6.07, 6.45) is 3.79. The third kappa shape index (κ3) is 4.06. The molecule has 1 aromatic heterocycles. The van der Waals surface area contributed by atoms with Gasteiger partial charge in [0.05, 0.1) is 12.8 Å². The van der Waals surface area contributed by atoms with Crippen LogP contribution in [0.2, 0.25) is 0 Å². The summed E-state index contributed by atoms with van der Waals surface area (Å²) in [5.74, 6) is 0.900. The number of benzene rings is 1. The van der Waals surface area contributed by atoms with Gasteiger partial charge in [0.1, 0.15) is 5.75 Å². The number of methoxy groups -OCH3 is 1. The third-order valence-electron chi connectivity index (χ3n) is 3.21. The molecule has 5 heteroatoms. The number of likely N-dealkylation sites (N-methyl/N-ethyl adjacent to an activating group) is 1. The van der Waals surface area contributed by atoms with Crippen molar-refractivity contribution in [1.82, 2.24) is 20.3 Å². The van der Waals surface area contributed by atoms with Crippen LogP contribution < -0.4 is 10.1 Å². The predicted molar refractivity (Wildman–Crippen MR) is 78.9 cm³/mol. The molecule has 0 fully saturated rings. The Bertz CT molecular complexity index is 538. The van der Waals surface area contributed by atoms with E-state index in [2.05, 4.69) is 34.7 Å². The molecule has 1 aromatic carbocycles. The van der Waals surface area contributed by atoms with Gasteiger partial charge in [0.2, 0.25) is 0 Å². The first-order valence-corrected chi connectivity index (χ1v) is 6.92. The second-order valence-electron chi connectivity index (χ2n) is 4.90. The second-order valence-corrected chi connectivity index (χ2v) is 4.90. The van der Waals surface area contributed by atoms with Crippen molar-refractivity contribution in [1.29, 1.82) is 0 Å². The smallest absolute Gasteiger partial charge is 0.119 e. The average molecular weight is 274 g/mol. The highest BCUT2D eigenvalue weighted by molar-refractivity contribution is 5.29. The quantitative estimate of drug-likeness (QED) is 0.833. The van der Waals surface area contributed by atoms with E-state index in [-0.39, 0.29) is 0 Å². The molecule has 1 heterocycles. The summed E-state index contributed by atoms with van der Waals surface area (Å²) >= 11 is 0. The van der Waals surface area contributed by atoms with Gasteiger partial charge in [0.15, 0.2) is 0 Å². The van der Waals surface area contributed by atoms with Crippen LogP contribution in [0.15, 0.2) is 30.5 Å². The number of rotatable bonds is 7. The highest BCUT2D eigenvalue weighted by atomic mass is 16.5. The molecule has 0 saturated carbocycles. The zero-order chi connectivity index (χ0) is 14.4. The van der Waals surface area contributed by atoms with Crippen LogP contribution in [0, 0.1) is 0 Å².